The Morgan fingerprint density at radius 1 is 1.29 bits per heavy atom. The first kappa shape index (κ1) is 18.8. The molecular formula is C18H19F4N5O. The maximum Gasteiger partial charge on any atom is 0.392 e. The van der Waals surface area contributed by atoms with Gasteiger partial charge in [0, 0.05) is 19.2 Å². The van der Waals surface area contributed by atoms with E-state index >= 15 is 0 Å². The lowest BCUT2D eigenvalue weighted by molar-refractivity contribution is -0.235. The summed E-state index contributed by atoms with van der Waals surface area (Å²) in [6.07, 6.45) is -2.80. The number of carbonyl (C=O) groups excluding carboxylic acids is 1. The second-order valence-electron chi connectivity index (χ2n) is 7.63. The van der Waals surface area contributed by atoms with Crippen molar-refractivity contribution in [2.45, 2.75) is 38.8 Å². The molecule has 1 aliphatic heterocycles. The molecule has 2 heterocycles. The molecule has 1 spiro atoms. The molecule has 4 rings (SSSR count). The monoisotopic (exact) mass is 397 g/mol. The Labute approximate surface area is 158 Å². The Morgan fingerprint density at radius 2 is 2.04 bits per heavy atom. The van der Waals surface area contributed by atoms with E-state index in [2.05, 4.69) is 15.5 Å². The van der Waals surface area contributed by atoms with Crippen LogP contribution in [0.5, 0.6) is 0 Å². The minimum Gasteiger partial charge on any atom is -0.338 e. The predicted octanol–water partition coefficient (Wildman–Crippen LogP) is 3.30. The van der Waals surface area contributed by atoms with Gasteiger partial charge in [-0.15, -0.1) is 5.10 Å². The van der Waals surface area contributed by atoms with Crippen LogP contribution in [0.1, 0.15) is 41.9 Å². The van der Waals surface area contributed by atoms with Gasteiger partial charge in [0.2, 0.25) is 0 Å². The molecule has 1 aromatic carbocycles. The molecule has 2 aliphatic rings. The fourth-order valence-corrected chi connectivity index (χ4v) is 4.43. The van der Waals surface area contributed by atoms with Crippen molar-refractivity contribution < 1.29 is 22.4 Å². The minimum atomic E-state index is -4.27. The molecule has 150 valence electrons. The fourth-order valence-electron chi connectivity index (χ4n) is 4.43. The number of hydrogen-bond donors (Lipinski definition) is 0. The molecule has 28 heavy (non-hydrogen) atoms. The van der Waals surface area contributed by atoms with Crippen molar-refractivity contribution in [3.63, 3.8) is 0 Å². The molecule has 10 heteroatoms. The van der Waals surface area contributed by atoms with Gasteiger partial charge in [0.05, 0.1) is 17.2 Å². The van der Waals surface area contributed by atoms with E-state index in [0.717, 1.165) is 12.5 Å². The summed E-state index contributed by atoms with van der Waals surface area (Å²) >= 11 is 0. The minimum absolute atomic E-state index is 0.0172. The van der Waals surface area contributed by atoms with Crippen molar-refractivity contribution in [1.82, 2.24) is 25.1 Å². The van der Waals surface area contributed by atoms with Gasteiger partial charge in [0.15, 0.2) is 5.82 Å². The summed E-state index contributed by atoms with van der Waals surface area (Å²) in [5.41, 5.74) is -0.719. The second-order valence-corrected chi connectivity index (χ2v) is 7.63. The first-order valence-electron chi connectivity index (χ1n) is 9.12. The number of piperidine rings is 1. The van der Waals surface area contributed by atoms with E-state index in [1.165, 1.54) is 21.7 Å². The lowest BCUT2D eigenvalue weighted by Gasteiger charge is -2.54. The SMILES string of the molecule is Cc1nnnn1-c1ccc(C(=O)N2CCC(C(F)(F)F)C3(CCC3)C2)c(F)c1. The van der Waals surface area contributed by atoms with Gasteiger partial charge in [0.1, 0.15) is 5.82 Å². The number of benzene rings is 1. The summed E-state index contributed by atoms with van der Waals surface area (Å²) in [5.74, 6) is -2.27. The molecule has 0 radical (unpaired) electrons. The van der Waals surface area contributed by atoms with Crippen LogP contribution in [-0.4, -0.2) is 50.3 Å². The van der Waals surface area contributed by atoms with Crippen LogP contribution < -0.4 is 0 Å². The van der Waals surface area contributed by atoms with Gasteiger partial charge in [-0.25, -0.2) is 4.39 Å². The molecule has 2 aromatic rings. The Balaban J connectivity index is 1.56. The highest BCUT2D eigenvalue weighted by Gasteiger charge is 2.58. The summed E-state index contributed by atoms with van der Waals surface area (Å²) in [6, 6.07) is 4.00. The molecule has 1 aliphatic carbocycles. The van der Waals surface area contributed by atoms with Crippen LogP contribution in [0.3, 0.4) is 0 Å². The standard InChI is InChI=1S/C18H19F4N5O/c1-11-23-24-25-27(11)12-3-4-13(14(19)9-12)16(28)26-8-5-15(18(20,21)22)17(10-26)6-2-7-17/h3-4,9,15H,2,5-8,10H2,1H3. The molecule has 1 aromatic heterocycles. The molecule has 1 unspecified atom stereocenters. The van der Waals surface area contributed by atoms with Crippen molar-refractivity contribution in [3.8, 4) is 5.69 Å². The van der Waals surface area contributed by atoms with Crippen LogP contribution in [-0.2, 0) is 0 Å². The summed E-state index contributed by atoms with van der Waals surface area (Å²) in [5, 5.41) is 11.0. The summed E-state index contributed by atoms with van der Waals surface area (Å²) < 4.78 is 56.2. The number of tetrazole rings is 1. The van der Waals surface area contributed by atoms with Crippen LogP contribution >= 0.6 is 0 Å². The van der Waals surface area contributed by atoms with Crippen LogP contribution in [0.25, 0.3) is 5.69 Å². The normalized spacial score (nSPS) is 21.6. The number of nitrogens with zero attached hydrogens (tertiary/aromatic N) is 5. The third kappa shape index (κ3) is 3.04. The Morgan fingerprint density at radius 3 is 2.57 bits per heavy atom. The van der Waals surface area contributed by atoms with Crippen LogP contribution in [0.2, 0.25) is 0 Å². The van der Waals surface area contributed by atoms with Crippen LogP contribution in [0.4, 0.5) is 17.6 Å². The number of aromatic nitrogens is 4. The van der Waals surface area contributed by atoms with Gasteiger partial charge in [0.25, 0.3) is 5.91 Å². The van der Waals surface area contributed by atoms with Crippen LogP contribution in [0, 0.1) is 24.1 Å². The summed E-state index contributed by atoms with van der Waals surface area (Å²) in [7, 11) is 0. The van der Waals surface area contributed by atoms with Crippen molar-refractivity contribution in [1.29, 1.82) is 0 Å². The van der Waals surface area contributed by atoms with Crippen molar-refractivity contribution in [2.24, 2.45) is 11.3 Å². The second kappa shape index (κ2) is 6.52. The molecule has 1 amide bonds. The Kier molecular flexibility index (Phi) is 4.39. The predicted molar refractivity (Wildman–Crippen MR) is 90.2 cm³/mol. The Hall–Kier alpha value is -2.52. The number of hydrogen-bond acceptors (Lipinski definition) is 4. The number of aryl methyl sites for hydroxylation is 1. The van der Waals surface area contributed by atoms with E-state index in [4.69, 9.17) is 0 Å². The average molecular weight is 397 g/mol. The lowest BCUT2D eigenvalue weighted by Crippen LogP contribution is -2.57. The maximum absolute atomic E-state index is 14.6. The number of carbonyl (C=O) groups is 1. The number of amides is 1. The van der Waals surface area contributed by atoms with E-state index in [1.54, 1.807) is 6.92 Å². The molecule has 1 saturated carbocycles. The smallest absolute Gasteiger partial charge is 0.338 e. The highest BCUT2D eigenvalue weighted by Crippen LogP contribution is 2.56. The zero-order valence-electron chi connectivity index (χ0n) is 15.2. The molecule has 2 fully saturated rings. The highest BCUT2D eigenvalue weighted by molar-refractivity contribution is 5.94. The third-order valence-electron chi connectivity index (χ3n) is 6.02. The van der Waals surface area contributed by atoms with Gasteiger partial charge in [-0.1, -0.05) is 6.42 Å². The molecule has 6 nitrogen and oxygen atoms in total. The van der Waals surface area contributed by atoms with Crippen molar-refractivity contribution >= 4 is 5.91 Å². The van der Waals surface area contributed by atoms with E-state index in [0.29, 0.717) is 24.4 Å². The Bertz CT molecular complexity index is 906. The lowest BCUT2D eigenvalue weighted by atomic mass is 9.58. The molecule has 1 atom stereocenters. The van der Waals surface area contributed by atoms with E-state index < -0.39 is 29.2 Å². The van der Waals surface area contributed by atoms with Crippen molar-refractivity contribution in [2.75, 3.05) is 13.1 Å². The van der Waals surface area contributed by atoms with Gasteiger partial charge in [-0.05, 0) is 54.2 Å². The number of likely N-dealkylation sites (tertiary alicyclic amines) is 1. The molecule has 0 N–H and O–H groups in total. The highest BCUT2D eigenvalue weighted by atomic mass is 19.4. The first-order valence-corrected chi connectivity index (χ1v) is 9.12. The molecule has 0 bridgehead atoms. The van der Waals surface area contributed by atoms with E-state index in [-0.39, 0.29) is 25.1 Å². The number of rotatable bonds is 2. The topological polar surface area (TPSA) is 63.9 Å². The van der Waals surface area contributed by atoms with Gasteiger partial charge >= 0.3 is 6.18 Å². The summed E-state index contributed by atoms with van der Waals surface area (Å²) in [4.78, 5) is 14.2. The van der Waals surface area contributed by atoms with Gasteiger partial charge < -0.3 is 4.90 Å². The van der Waals surface area contributed by atoms with Gasteiger partial charge in [-0.2, -0.15) is 17.9 Å². The zero-order chi connectivity index (χ0) is 20.1. The molecular weight excluding hydrogens is 378 g/mol. The van der Waals surface area contributed by atoms with Gasteiger partial charge in [-0.3, -0.25) is 4.79 Å². The number of alkyl halides is 3. The first-order chi connectivity index (χ1) is 13.2. The quantitative estimate of drug-likeness (QED) is 0.730. The third-order valence-corrected chi connectivity index (χ3v) is 6.02. The largest absolute Gasteiger partial charge is 0.392 e. The number of halogens is 4. The fraction of sp³-hybridized carbons (Fsp3) is 0.556. The van der Waals surface area contributed by atoms with E-state index in [1.807, 2.05) is 0 Å². The van der Waals surface area contributed by atoms with Crippen molar-refractivity contribution in [3.05, 3.63) is 35.4 Å². The van der Waals surface area contributed by atoms with Crippen LogP contribution in [0.15, 0.2) is 18.2 Å². The maximum atomic E-state index is 14.6. The zero-order valence-corrected chi connectivity index (χ0v) is 15.2. The average Bonchev–Trinajstić information content (AvgIpc) is 3.04. The summed E-state index contributed by atoms with van der Waals surface area (Å²) in [6.45, 7) is 1.64. The van der Waals surface area contributed by atoms with E-state index in [9.17, 15) is 22.4 Å². The molecule has 1 saturated heterocycles.